The number of amides is 1. The van der Waals surface area contributed by atoms with E-state index in [1.54, 1.807) is 18.3 Å². The van der Waals surface area contributed by atoms with Gasteiger partial charge in [0, 0.05) is 6.20 Å². The number of hydrogen-bond acceptors (Lipinski definition) is 5. The molecule has 6 nitrogen and oxygen atoms in total. The number of rotatable bonds is 6. The fourth-order valence-corrected chi connectivity index (χ4v) is 1.42. The molecule has 0 bridgehead atoms. The third-order valence-corrected chi connectivity index (χ3v) is 2.44. The highest BCUT2D eigenvalue weighted by atomic mass is 16.5. The molecule has 1 unspecified atom stereocenters. The standard InChI is InChI=1S/C13H18N2O4/c1-9(2)12(13(17)18-3)15-11(16)8-19-10-5-4-6-14-7-10/h4-7,9,12H,8H2,1-3H3,(H,15,16). The van der Waals surface area contributed by atoms with E-state index in [1.165, 1.54) is 13.3 Å². The van der Waals surface area contributed by atoms with Gasteiger partial charge in [-0.05, 0) is 18.1 Å². The average Bonchev–Trinajstić information content (AvgIpc) is 2.42. The van der Waals surface area contributed by atoms with Crippen molar-refractivity contribution in [2.75, 3.05) is 13.7 Å². The molecule has 1 aromatic rings. The second-order valence-electron chi connectivity index (χ2n) is 4.29. The molecule has 0 aliphatic heterocycles. The first-order valence-electron chi connectivity index (χ1n) is 5.94. The quantitative estimate of drug-likeness (QED) is 0.770. The minimum atomic E-state index is -0.671. The normalized spacial score (nSPS) is 11.8. The monoisotopic (exact) mass is 266 g/mol. The summed E-state index contributed by atoms with van der Waals surface area (Å²) in [5.74, 6) is -0.413. The van der Waals surface area contributed by atoms with Gasteiger partial charge in [-0.1, -0.05) is 13.8 Å². The van der Waals surface area contributed by atoms with E-state index in [9.17, 15) is 9.59 Å². The fraction of sp³-hybridized carbons (Fsp3) is 0.462. The lowest BCUT2D eigenvalue weighted by atomic mass is 10.0. The minimum Gasteiger partial charge on any atom is -0.482 e. The van der Waals surface area contributed by atoms with E-state index in [2.05, 4.69) is 15.0 Å². The van der Waals surface area contributed by atoms with Gasteiger partial charge >= 0.3 is 5.97 Å². The summed E-state index contributed by atoms with van der Waals surface area (Å²) in [7, 11) is 1.29. The first-order chi connectivity index (χ1) is 9.04. The number of nitrogens with one attached hydrogen (secondary N) is 1. The van der Waals surface area contributed by atoms with Crippen LogP contribution < -0.4 is 10.1 Å². The predicted octanol–water partition coefficient (Wildman–Crippen LogP) is 0.774. The smallest absolute Gasteiger partial charge is 0.328 e. The van der Waals surface area contributed by atoms with Crippen molar-refractivity contribution in [2.24, 2.45) is 5.92 Å². The van der Waals surface area contributed by atoms with Gasteiger partial charge in [0.15, 0.2) is 6.61 Å². The Labute approximate surface area is 112 Å². The van der Waals surface area contributed by atoms with Crippen LogP contribution in [0.25, 0.3) is 0 Å². The third kappa shape index (κ3) is 4.95. The summed E-state index contributed by atoms with van der Waals surface area (Å²) in [5, 5.41) is 2.58. The molecule has 1 rings (SSSR count). The van der Waals surface area contributed by atoms with Crippen molar-refractivity contribution in [1.29, 1.82) is 0 Å². The van der Waals surface area contributed by atoms with Crippen LogP contribution >= 0.6 is 0 Å². The molecule has 0 aliphatic carbocycles. The molecule has 0 aromatic carbocycles. The van der Waals surface area contributed by atoms with Crippen molar-refractivity contribution in [3.8, 4) is 5.75 Å². The Bertz CT molecular complexity index is 420. The lowest BCUT2D eigenvalue weighted by Crippen LogP contribution is -2.46. The van der Waals surface area contributed by atoms with E-state index < -0.39 is 12.0 Å². The summed E-state index contributed by atoms with van der Waals surface area (Å²) in [6, 6.07) is 2.73. The second kappa shape index (κ2) is 7.35. The fourth-order valence-electron chi connectivity index (χ4n) is 1.42. The van der Waals surface area contributed by atoms with Crippen molar-refractivity contribution >= 4 is 11.9 Å². The lowest BCUT2D eigenvalue weighted by molar-refractivity contribution is -0.146. The van der Waals surface area contributed by atoms with Crippen LogP contribution in [0, 0.1) is 5.92 Å². The number of hydrogen-bond donors (Lipinski definition) is 1. The van der Waals surface area contributed by atoms with Crippen LogP contribution in [-0.4, -0.2) is 36.6 Å². The zero-order valence-corrected chi connectivity index (χ0v) is 11.3. The minimum absolute atomic E-state index is 0.0604. The molecule has 0 saturated carbocycles. The van der Waals surface area contributed by atoms with Gasteiger partial charge in [-0.25, -0.2) is 4.79 Å². The van der Waals surface area contributed by atoms with Gasteiger partial charge in [0.05, 0.1) is 13.3 Å². The number of aromatic nitrogens is 1. The Morgan fingerprint density at radius 1 is 1.42 bits per heavy atom. The van der Waals surface area contributed by atoms with Gasteiger partial charge in [0.2, 0.25) is 0 Å². The molecule has 1 amide bonds. The lowest BCUT2D eigenvalue weighted by Gasteiger charge is -2.19. The van der Waals surface area contributed by atoms with Crippen LogP contribution in [0.15, 0.2) is 24.5 Å². The van der Waals surface area contributed by atoms with E-state index in [4.69, 9.17) is 4.74 Å². The first-order valence-corrected chi connectivity index (χ1v) is 5.94. The summed E-state index contributed by atoms with van der Waals surface area (Å²) in [4.78, 5) is 27.0. The van der Waals surface area contributed by atoms with Gasteiger partial charge in [-0.2, -0.15) is 0 Å². The number of esters is 1. The van der Waals surface area contributed by atoms with Gasteiger partial charge in [0.1, 0.15) is 11.8 Å². The molecular weight excluding hydrogens is 248 g/mol. The van der Waals surface area contributed by atoms with Crippen LogP contribution in [0.3, 0.4) is 0 Å². The van der Waals surface area contributed by atoms with Gasteiger partial charge in [0.25, 0.3) is 5.91 Å². The first kappa shape index (κ1) is 14.9. The zero-order valence-electron chi connectivity index (χ0n) is 11.3. The molecule has 1 aromatic heterocycles. The van der Waals surface area contributed by atoms with Crippen molar-refractivity contribution in [3.05, 3.63) is 24.5 Å². The molecule has 1 atom stereocenters. The van der Waals surface area contributed by atoms with Gasteiger partial charge in [-0.15, -0.1) is 0 Å². The molecule has 0 aliphatic rings. The maximum atomic E-state index is 11.7. The van der Waals surface area contributed by atoms with Crippen LogP contribution in [-0.2, 0) is 14.3 Å². The highest BCUT2D eigenvalue weighted by Gasteiger charge is 2.24. The van der Waals surface area contributed by atoms with E-state index in [-0.39, 0.29) is 18.4 Å². The molecule has 0 fully saturated rings. The van der Waals surface area contributed by atoms with Crippen LogP contribution in [0.1, 0.15) is 13.8 Å². The van der Waals surface area contributed by atoms with Crippen LogP contribution in [0.4, 0.5) is 0 Å². The van der Waals surface area contributed by atoms with Crippen molar-refractivity contribution in [3.63, 3.8) is 0 Å². The number of methoxy groups -OCH3 is 1. The predicted molar refractivity (Wildman–Crippen MR) is 68.5 cm³/mol. The van der Waals surface area contributed by atoms with Crippen molar-refractivity contribution < 1.29 is 19.1 Å². The summed E-state index contributed by atoms with van der Waals surface area (Å²) < 4.78 is 9.87. The Morgan fingerprint density at radius 2 is 2.16 bits per heavy atom. The molecule has 1 N–H and O–H groups in total. The molecule has 6 heteroatoms. The Hall–Kier alpha value is -2.11. The van der Waals surface area contributed by atoms with E-state index in [0.29, 0.717) is 5.75 Å². The van der Waals surface area contributed by atoms with Gasteiger partial charge < -0.3 is 14.8 Å². The van der Waals surface area contributed by atoms with Crippen molar-refractivity contribution in [1.82, 2.24) is 10.3 Å². The van der Waals surface area contributed by atoms with Crippen LogP contribution in [0.2, 0.25) is 0 Å². The second-order valence-corrected chi connectivity index (χ2v) is 4.29. The zero-order chi connectivity index (χ0) is 14.3. The van der Waals surface area contributed by atoms with E-state index >= 15 is 0 Å². The highest BCUT2D eigenvalue weighted by molar-refractivity contribution is 5.85. The topological polar surface area (TPSA) is 77.5 Å². The van der Waals surface area contributed by atoms with Gasteiger partial charge in [-0.3, -0.25) is 9.78 Å². The summed E-state index contributed by atoms with van der Waals surface area (Å²) >= 11 is 0. The Morgan fingerprint density at radius 3 is 2.68 bits per heavy atom. The number of nitrogens with zero attached hydrogens (tertiary/aromatic N) is 1. The molecule has 0 spiro atoms. The number of carbonyl (C=O) groups excluding carboxylic acids is 2. The summed E-state index contributed by atoms with van der Waals surface area (Å²) in [6.07, 6.45) is 3.12. The Kier molecular flexibility index (Phi) is 5.78. The number of pyridine rings is 1. The van der Waals surface area contributed by atoms with E-state index in [0.717, 1.165) is 0 Å². The molecule has 0 saturated heterocycles. The maximum Gasteiger partial charge on any atom is 0.328 e. The molecule has 104 valence electrons. The average molecular weight is 266 g/mol. The number of carbonyl (C=O) groups is 2. The Balaban J connectivity index is 2.47. The molecule has 1 heterocycles. The molecule has 19 heavy (non-hydrogen) atoms. The highest BCUT2D eigenvalue weighted by Crippen LogP contribution is 2.06. The summed E-state index contributed by atoms with van der Waals surface area (Å²) in [5.41, 5.74) is 0. The van der Waals surface area contributed by atoms with Crippen molar-refractivity contribution in [2.45, 2.75) is 19.9 Å². The van der Waals surface area contributed by atoms with Crippen LogP contribution in [0.5, 0.6) is 5.75 Å². The summed E-state index contributed by atoms with van der Waals surface area (Å²) in [6.45, 7) is 3.47. The SMILES string of the molecule is COC(=O)C(NC(=O)COc1cccnc1)C(C)C. The molecular formula is C13H18N2O4. The third-order valence-electron chi connectivity index (χ3n) is 2.44. The maximum absolute atomic E-state index is 11.7. The van der Waals surface area contributed by atoms with E-state index in [1.807, 2.05) is 13.8 Å². The largest absolute Gasteiger partial charge is 0.482 e. The number of ether oxygens (including phenoxy) is 2. The molecule has 0 radical (unpaired) electrons.